The van der Waals surface area contributed by atoms with Crippen LogP contribution < -0.4 is 0 Å². The van der Waals surface area contributed by atoms with Crippen molar-refractivity contribution in [2.45, 2.75) is 6.18 Å². The van der Waals surface area contributed by atoms with Crippen molar-refractivity contribution in [3.63, 3.8) is 0 Å². The Bertz CT molecular complexity index is 559. The standard InChI is InChI=1S/C9H4F3NO3/c10-9(11,12)8-13-5-2-1-4(7(14)15)3-6(5)16-8/h1-3H,(H,14,15). The number of carbonyl (C=O) groups is 1. The molecule has 0 atom stereocenters. The first-order chi connectivity index (χ1) is 7.38. The lowest BCUT2D eigenvalue weighted by atomic mass is 10.2. The third-order valence-electron chi connectivity index (χ3n) is 1.88. The molecular formula is C9H4F3NO3. The summed E-state index contributed by atoms with van der Waals surface area (Å²) < 4.78 is 41.1. The van der Waals surface area contributed by atoms with Crippen LogP contribution in [0.15, 0.2) is 22.6 Å². The quantitative estimate of drug-likeness (QED) is 0.819. The van der Waals surface area contributed by atoms with Crippen molar-refractivity contribution < 1.29 is 27.5 Å². The summed E-state index contributed by atoms with van der Waals surface area (Å²) in [6.07, 6.45) is -4.68. The molecule has 7 heteroatoms. The van der Waals surface area contributed by atoms with Gasteiger partial charge in [0.25, 0.3) is 0 Å². The first-order valence-electron chi connectivity index (χ1n) is 4.09. The molecule has 0 amide bonds. The highest BCUT2D eigenvalue weighted by molar-refractivity contribution is 5.91. The molecule has 0 aliphatic heterocycles. The Morgan fingerprint density at radius 1 is 1.38 bits per heavy atom. The number of hydrogen-bond donors (Lipinski definition) is 1. The van der Waals surface area contributed by atoms with Crippen LogP contribution in [0.4, 0.5) is 13.2 Å². The molecule has 0 aliphatic rings. The van der Waals surface area contributed by atoms with Crippen LogP contribution in [0.5, 0.6) is 0 Å². The molecule has 0 spiro atoms. The van der Waals surface area contributed by atoms with E-state index in [1.54, 1.807) is 0 Å². The second-order valence-electron chi connectivity index (χ2n) is 3.00. The van der Waals surface area contributed by atoms with Gasteiger partial charge in [-0.2, -0.15) is 13.2 Å². The molecule has 1 aromatic carbocycles. The Kier molecular flexibility index (Phi) is 2.11. The minimum Gasteiger partial charge on any atom is -0.478 e. The van der Waals surface area contributed by atoms with Gasteiger partial charge in [0.05, 0.1) is 5.56 Å². The van der Waals surface area contributed by atoms with Crippen molar-refractivity contribution in [2.75, 3.05) is 0 Å². The number of rotatable bonds is 1. The van der Waals surface area contributed by atoms with E-state index in [2.05, 4.69) is 9.40 Å². The topological polar surface area (TPSA) is 63.3 Å². The zero-order chi connectivity index (χ0) is 11.9. The first-order valence-corrected chi connectivity index (χ1v) is 4.09. The van der Waals surface area contributed by atoms with Crippen LogP contribution in [0.1, 0.15) is 16.2 Å². The third kappa shape index (κ3) is 1.71. The summed E-state index contributed by atoms with van der Waals surface area (Å²) in [5.41, 5.74) is -0.387. The first kappa shape index (κ1) is 10.5. The highest BCUT2D eigenvalue weighted by atomic mass is 19.4. The summed E-state index contributed by atoms with van der Waals surface area (Å²) in [5, 5.41) is 8.63. The normalized spacial score (nSPS) is 11.9. The van der Waals surface area contributed by atoms with Crippen LogP contribution in [0.3, 0.4) is 0 Å². The van der Waals surface area contributed by atoms with Gasteiger partial charge in [0.2, 0.25) is 0 Å². The Balaban J connectivity index is 2.59. The molecule has 0 aliphatic carbocycles. The number of oxazole rings is 1. The fourth-order valence-corrected chi connectivity index (χ4v) is 1.18. The van der Waals surface area contributed by atoms with Crippen LogP contribution in [0.2, 0.25) is 0 Å². The summed E-state index contributed by atoms with van der Waals surface area (Å²) in [7, 11) is 0. The summed E-state index contributed by atoms with van der Waals surface area (Å²) in [5.74, 6) is -2.63. The molecule has 2 aromatic rings. The Labute approximate surface area is 86.3 Å². The van der Waals surface area contributed by atoms with Crippen molar-refractivity contribution >= 4 is 17.1 Å². The molecule has 0 bridgehead atoms. The SMILES string of the molecule is O=C(O)c1ccc2nc(C(F)(F)F)oc2c1. The molecular weight excluding hydrogens is 227 g/mol. The van der Waals surface area contributed by atoms with Crippen LogP contribution in [-0.4, -0.2) is 16.1 Å². The number of aromatic nitrogens is 1. The molecule has 4 nitrogen and oxygen atoms in total. The molecule has 16 heavy (non-hydrogen) atoms. The van der Waals surface area contributed by atoms with Crippen LogP contribution in [0.25, 0.3) is 11.1 Å². The zero-order valence-corrected chi connectivity index (χ0v) is 7.58. The molecule has 0 fully saturated rings. The number of nitrogens with zero attached hydrogens (tertiary/aromatic N) is 1. The number of carboxylic acids is 1. The van der Waals surface area contributed by atoms with Gasteiger partial charge >= 0.3 is 18.0 Å². The Hall–Kier alpha value is -2.05. The molecule has 0 saturated carbocycles. The molecule has 1 heterocycles. The summed E-state index contributed by atoms with van der Waals surface area (Å²) >= 11 is 0. The number of carboxylic acid groups (broad SMARTS) is 1. The predicted octanol–water partition coefficient (Wildman–Crippen LogP) is 2.54. The van der Waals surface area contributed by atoms with Crippen LogP contribution in [0, 0.1) is 0 Å². The van der Waals surface area contributed by atoms with Gasteiger partial charge in [-0.05, 0) is 18.2 Å². The van der Waals surface area contributed by atoms with Crippen molar-refractivity contribution in [2.24, 2.45) is 0 Å². The van der Waals surface area contributed by atoms with Crippen molar-refractivity contribution in [3.8, 4) is 0 Å². The largest absolute Gasteiger partial charge is 0.478 e. The highest BCUT2D eigenvalue weighted by Crippen LogP contribution is 2.31. The lowest BCUT2D eigenvalue weighted by molar-refractivity contribution is -0.156. The maximum absolute atomic E-state index is 12.2. The van der Waals surface area contributed by atoms with E-state index in [4.69, 9.17) is 5.11 Å². The molecule has 84 valence electrons. The van der Waals surface area contributed by atoms with Gasteiger partial charge in [-0.15, -0.1) is 0 Å². The number of fused-ring (bicyclic) bond motifs is 1. The Morgan fingerprint density at radius 2 is 2.06 bits per heavy atom. The van der Waals surface area contributed by atoms with Crippen molar-refractivity contribution in [1.82, 2.24) is 4.98 Å². The smallest absolute Gasteiger partial charge is 0.468 e. The van der Waals surface area contributed by atoms with E-state index in [1.165, 1.54) is 0 Å². The van der Waals surface area contributed by atoms with Crippen molar-refractivity contribution in [1.29, 1.82) is 0 Å². The zero-order valence-electron chi connectivity index (χ0n) is 7.58. The van der Waals surface area contributed by atoms with Gasteiger partial charge < -0.3 is 9.52 Å². The molecule has 0 unspecified atom stereocenters. The molecule has 0 saturated heterocycles. The molecule has 1 N–H and O–H groups in total. The van der Waals surface area contributed by atoms with E-state index in [9.17, 15) is 18.0 Å². The minimum atomic E-state index is -4.68. The molecule has 2 rings (SSSR count). The summed E-state index contributed by atoms with van der Waals surface area (Å²) in [6.45, 7) is 0. The summed E-state index contributed by atoms with van der Waals surface area (Å²) in [4.78, 5) is 13.8. The average Bonchev–Trinajstić information content (AvgIpc) is 2.58. The average molecular weight is 231 g/mol. The van der Waals surface area contributed by atoms with Gasteiger partial charge in [0.1, 0.15) is 5.52 Å². The van der Waals surface area contributed by atoms with E-state index in [1.807, 2.05) is 0 Å². The number of aromatic carboxylic acids is 1. The van der Waals surface area contributed by atoms with Gasteiger partial charge in [0.15, 0.2) is 5.58 Å². The third-order valence-corrected chi connectivity index (χ3v) is 1.88. The predicted molar refractivity (Wildman–Crippen MR) is 46.0 cm³/mol. The lowest BCUT2D eigenvalue weighted by Gasteiger charge is -1.97. The van der Waals surface area contributed by atoms with E-state index in [-0.39, 0.29) is 16.7 Å². The number of benzene rings is 1. The molecule has 0 radical (unpaired) electrons. The number of alkyl halides is 3. The van der Waals surface area contributed by atoms with E-state index < -0.39 is 18.0 Å². The molecule has 1 aromatic heterocycles. The van der Waals surface area contributed by atoms with E-state index >= 15 is 0 Å². The number of hydrogen-bond acceptors (Lipinski definition) is 3. The van der Waals surface area contributed by atoms with Gasteiger partial charge in [-0.1, -0.05) is 0 Å². The van der Waals surface area contributed by atoms with Gasteiger partial charge in [0, 0.05) is 0 Å². The van der Waals surface area contributed by atoms with E-state index in [0.717, 1.165) is 18.2 Å². The van der Waals surface area contributed by atoms with Gasteiger partial charge in [-0.25, -0.2) is 9.78 Å². The van der Waals surface area contributed by atoms with Crippen LogP contribution >= 0.6 is 0 Å². The minimum absolute atomic E-state index is 0.0303. The van der Waals surface area contributed by atoms with Crippen LogP contribution in [-0.2, 0) is 6.18 Å². The fraction of sp³-hybridized carbons (Fsp3) is 0.111. The number of halogens is 3. The maximum Gasteiger partial charge on any atom is 0.468 e. The second-order valence-corrected chi connectivity index (χ2v) is 3.00. The van der Waals surface area contributed by atoms with E-state index in [0.29, 0.717) is 0 Å². The fourth-order valence-electron chi connectivity index (χ4n) is 1.18. The van der Waals surface area contributed by atoms with Crippen molar-refractivity contribution in [3.05, 3.63) is 29.7 Å². The second kappa shape index (κ2) is 3.22. The lowest BCUT2D eigenvalue weighted by Crippen LogP contribution is -2.04. The monoisotopic (exact) mass is 231 g/mol. The maximum atomic E-state index is 12.2. The van der Waals surface area contributed by atoms with Gasteiger partial charge in [-0.3, -0.25) is 0 Å². The summed E-state index contributed by atoms with van der Waals surface area (Å²) in [6, 6.07) is 3.32. The highest BCUT2D eigenvalue weighted by Gasteiger charge is 2.37. The Morgan fingerprint density at radius 3 is 2.62 bits per heavy atom.